The van der Waals surface area contributed by atoms with Gasteiger partial charge in [0.15, 0.2) is 0 Å². The predicted octanol–water partition coefficient (Wildman–Crippen LogP) is 1.61. The van der Waals surface area contributed by atoms with Gasteiger partial charge in [-0.1, -0.05) is 19.6 Å². The fraction of sp³-hybridized carbons (Fsp3) is 0.714. The van der Waals surface area contributed by atoms with Crippen molar-refractivity contribution in [1.82, 2.24) is 15.0 Å². The molecule has 0 saturated carbocycles. The largest absolute Gasteiger partial charge is 0.184 e. The number of halogens is 1. The molecule has 12 heavy (non-hydrogen) atoms. The van der Waals surface area contributed by atoms with Crippen LogP contribution in [0.5, 0.6) is 0 Å². The van der Waals surface area contributed by atoms with E-state index >= 15 is 0 Å². The lowest BCUT2D eigenvalue weighted by Crippen LogP contribution is -2.40. The summed E-state index contributed by atoms with van der Waals surface area (Å²) in [6, 6.07) is 0. The van der Waals surface area contributed by atoms with Gasteiger partial charge in [0, 0.05) is 0 Å². The van der Waals surface area contributed by atoms with Gasteiger partial charge in [-0.05, 0) is 22.9 Å². The molecule has 0 unspecified atom stereocenters. The number of nitrogens with zero attached hydrogens (tertiary/aromatic N) is 3. The van der Waals surface area contributed by atoms with Crippen molar-refractivity contribution in [1.29, 1.82) is 0 Å². The van der Waals surface area contributed by atoms with Crippen LogP contribution in [0.15, 0.2) is 4.60 Å². The Morgan fingerprint density at radius 1 is 1.33 bits per heavy atom. The van der Waals surface area contributed by atoms with E-state index in [4.69, 9.17) is 0 Å². The molecule has 1 heterocycles. The lowest BCUT2D eigenvalue weighted by atomic mass is 10.8. The molecule has 0 spiro atoms. The smallest absolute Gasteiger partial charge is 0.147 e. The fourth-order valence-corrected chi connectivity index (χ4v) is 4.06. The maximum Gasteiger partial charge on any atom is 0.147 e. The topological polar surface area (TPSA) is 30.7 Å². The molecule has 0 radical (unpaired) electrons. The molecule has 0 aliphatic rings. The number of aromatic nitrogens is 3. The Labute approximate surface area is 82.3 Å². The minimum absolute atomic E-state index is 0.836. The van der Waals surface area contributed by atoms with Crippen molar-refractivity contribution in [2.45, 2.75) is 33.1 Å². The van der Waals surface area contributed by atoms with Crippen molar-refractivity contribution in [2.75, 3.05) is 0 Å². The summed E-state index contributed by atoms with van der Waals surface area (Å²) in [4.78, 5) is 1.73. The normalized spacial score (nSPS) is 12.1. The summed E-state index contributed by atoms with van der Waals surface area (Å²) in [6.07, 6.45) is 0. The molecule has 3 nitrogen and oxygen atoms in total. The number of hydrogen-bond donors (Lipinski definition) is 0. The van der Waals surface area contributed by atoms with Crippen LogP contribution in [0.2, 0.25) is 19.6 Å². The van der Waals surface area contributed by atoms with Gasteiger partial charge in [-0.2, -0.15) is 9.90 Å². The maximum absolute atomic E-state index is 4.42. The molecule has 0 N–H and O–H groups in total. The second kappa shape index (κ2) is 3.30. The van der Waals surface area contributed by atoms with Gasteiger partial charge in [0.2, 0.25) is 0 Å². The highest BCUT2D eigenvalue weighted by molar-refractivity contribution is 9.10. The average molecular weight is 248 g/mol. The second-order valence-electron chi connectivity index (χ2n) is 3.78. The van der Waals surface area contributed by atoms with Crippen LogP contribution in [0.1, 0.15) is 6.92 Å². The van der Waals surface area contributed by atoms with Crippen molar-refractivity contribution < 1.29 is 0 Å². The standard InChI is InChI=1S/C7H14BrN3Si/c1-5-11-9-6(8)7(10-11)12(2,3)4/h5H2,1-4H3. The molecular weight excluding hydrogens is 234 g/mol. The molecule has 1 aromatic heterocycles. The quantitative estimate of drug-likeness (QED) is 0.744. The zero-order chi connectivity index (χ0) is 9.35. The lowest BCUT2D eigenvalue weighted by molar-refractivity contribution is 0.569. The summed E-state index contributed by atoms with van der Waals surface area (Å²) in [6.45, 7) is 9.68. The van der Waals surface area contributed by atoms with Gasteiger partial charge in [0.1, 0.15) is 12.7 Å². The Balaban J connectivity index is 3.08. The van der Waals surface area contributed by atoms with E-state index in [9.17, 15) is 0 Å². The van der Waals surface area contributed by atoms with Crippen molar-refractivity contribution in [2.24, 2.45) is 0 Å². The van der Waals surface area contributed by atoms with Gasteiger partial charge in [0.25, 0.3) is 0 Å². The highest BCUT2D eigenvalue weighted by Crippen LogP contribution is 2.08. The van der Waals surface area contributed by atoms with E-state index in [1.807, 2.05) is 6.92 Å². The average Bonchev–Trinajstić information content (AvgIpc) is 2.29. The third-order valence-electron chi connectivity index (χ3n) is 1.61. The maximum atomic E-state index is 4.42. The third kappa shape index (κ3) is 1.95. The lowest BCUT2D eigenvalue weighted by Gasteiger charge is -2.11. The van der Waals surface area contributed by atoms with Crippen LogP contribution < -0.4 is 5.32 Å². The molecule has 0 fully saturated rings. The first-order valence-electron chi connectivity index (χ1n) is 4.06. The molecule has 68 valence electrons. The van der Waals surface area contributed by atoms with Crippen LogP contribution in [0.4, 0.5) is 0 Å². The first-order chi connectivity index (χ1) is 5.45. The minimum Gasteiger partial charge on any atom is -0.184 e. The van der Waals surface area contributed by atoms with Gasteiger partial charge < -0.3 is 0 Å². The minimum atomic E-state index is -1.31. The molecule has 0 amide bonds. The van der Waals surface area contributed by atoms with Crippen molar-refractivity contribution in [3.8, 4) is 0 Å². The van der Waals surface area contributed by atoms with Crippen LogP contribution in [-0.4, -0.2) is 23.1 Å². The van der Waals surface area contributed by atoms with Gasteiger partial charge in [-0.25, -0.2) is 0 Å². The zero-order valence-corrected chi connectivity index (χ0v) is 10.5. The molecule has 0 bridgehead atoms. The van der Waals surface area contributed by atoms with Crippen LogP contribution >= 0.6 is 15.9 Å². The van der Waals surface area contributed by atoms with Gasteiger partial charge >= 0.3 is 0 Å². The molecule has 5 heteroatoms. The van der Waals surface area contributed by atoms with E-state index < -0.39 is 8.07 Å². The summed E-state index contributed by atoms with van der Waals surface area (Å²) >= 11 is 3.43. The second-order valence-corrected chi connectivity index (χ2v) is 9.50. The van der Waals surface area contributed by atoms with Gasteiger partial charge in [-0.15, -0.1) is 5.10 Å². The van der Waals surface area contributed by atoms with Crippen molar-refractivity contribution >= 4 is 29.3 Å². The summed E-state index contributed by atoms with van der Waals surface area (Å²) in [5.41, 5.74) is 0. The Kier molecular flexibility index (Phi) is 2.73. The zero-order valence-electron chi connectivity index (χ0n) is 7.93. The molecule has 0 aromatic carbocycles. The number of rotatable bonds is 2. The van der Waals surface area contributed by atoms with E-state index in [0.717, 1.165) is 16.5 Å². The highest BCUT2D eigenvalue weighted by Gasteiger charge is 2.24. The van der Waals surface area contributed by atoms with E-state index in [1.54, 1.807) is 4.80 Å². The van der Waals surface area contributed by atoms with E-state index in [2.05, 4.69) is 45.8 Å². The Bertz CT molecular complexity index is 277. The van der Waals surface area contributed by atoms with E-state index in [0.29, 0.717) is 0 Å². The van der Waals surface area contributed by atoms with Gasteiger partial charge in [-0.3, -0.25) is 0 Å². The summed E-state index contributed by atoms with van der Waals surface area (Å²) in [5.74, 6) is 0. The van der Waals surface area contributed by atoms with Crippen LogP contribution in [0.25, 0.3) is 0 Å². The first kappa shape index (κ1) is 9.92. The Hall–Kier alpha value is -0.163. The van der Waals surface area contributed by atoms with Crippen LogP contribution in [0, 0.1) is 0 Å². The fourth-order valence-electron chi connectivity index (χ4n) is 0.929. The summed E-state index contributed by atoms with van der Waals surface area (Å²) in [5, 5.41) is 9.83. The van der Waals surface area contributed by atoms with Gasteiger partial charge in [0.05, 0.1) is 11.9 Å². The first-order valence-corrected chi connectivity index (χ1v) is 8.35. The summed E-state index contributed by atoms with van der Waals surface area (Å²) < 4.78 is 0.920. The van der Waals surface area contributed by atoms with Crippen molar-refractivity contribution in [3.63, 3.8) is 0 Å². The Morgan fingerprint density at radius 3 is 2.17 bits per heavy atom. The highest BCUT2D eigenvalue weighted by atomic mass is 79.9. The molecule has 0 aliphatic heterocycles. The molecule has 1 rings (SSSR count). The molecule has 1 aromatic rings. The predicted molar refractivity (Wildman–Crippen MR) is 56.4 cm³/mol. The monoisotopic (exact) mass is 247 g/mol. The Morgan fingerprint density at radius 2 is 1.92 bits per heavy atom. The number of hydrogen-bond acceptors (Lipinski definition) is 2. The summed E-state index contributed by atoms with van der Waals surface area (Å²) in [7, 11) is -1.31. The SMILES string of the molecule is CCn1nc(Br)c([Si](C)(C)C)n1. The molecular formula is C7H14BrN3Si. The van der Waals surface area contributed by atoms with Crippen LogP contribution in [0.3, 0.4) is 0 Å². The molecule has 0 aliphatic carbocycles. The third-order valence-corrected chi connectivity index (χ3v) is 4.27. The number of aryl methyl sites for hydroxylation is 1. The van der Waals surface area contributed by atoms with E-state index in [1.165, 1.54) is 0 Å². The van der Waals surface area contributed by atoms with E-state index in [-0.39, 0.29) is 0 Å². The molecule has 0 saturated heterocycles. The van der Waals surface area contributed by atoms with Crippen molar-refractivity contribution in [3.05, 3.63) is 4.60 Å². The molecule has 0 atom stereocenters. The van der Waals surface area contributed by atoms with Crippen LogP contribution in [-0.2, 0) is 6.54 Å².